The largest absolute Gasteiger partial charge is 0.464 e. The molecule has 0 radical (unpaired) electrons. The van der Waals surface area contributed by atoms with Gasteiger partial charge in [-0.1, -0.05) is 6.07 Å². The third-order valence-electron chi connectivity index (χ3n) is 3.01. The number of carbonyl (C=O) groups is 1. The first kappa shape index (κ1) is 14.1. The van der Waals surface area contributed by atoms with Crippen LogP contribution in [0.25, 0.3) is 0 Å². The molecule has 0 unspecified atom stereocenters. The second-order valence-electron chi connectivity index (χ2n) is 4.97. The quantitative estimate of drug-likeness (QED) is 0.930. The van der Waals surface area contributed by atoms with Crippen molar-refractivity contribution in [3.8, 4) is 0 Å². The van der Waals surface area contributed by atoms with Crippen molar-refractivity contribution in [3.63, 3.8) is 0 Å². The van der Waals surface area contributed by atoms with Crippen LogP contribution in [0, 0.1) is 6.92 Å². The van der Waals surface area contributed by atoms with Gasteiger partial charge in [-0.05, 0) is 39.0 Å². The molecule has 20 heavy (non-hydrogen) atoms. The number of nitrogens with one attached hydrogen (secondary N) is 1. The SMILES string of the molecule is Cc1ccc(CN(C(=O)c2cccc(=O)[nH]2)C(C)C)o1. The lowest BCUT2D eigenvalue weighted by molar-refractivity contribution is 0.0669. The number of furan rings is 1. The van der Waals surface area contributed by atoms with Crippen LogP contribution in [0.15, 0.2) is 39.5 Å². The van der Waals surface area contributed by atoms with Crippen LogP contribution in [-0.4, -0.2) is 21.8 Å². The second kappa shape index (κ2) is 5.77. The van der Waals surface area contributed by atoms with Crippen LogP contribution in [0.3, 0.4) is 0 Å². The van der Waals surface area contributed by atoms with Crippen LogP contribution in [-0.2, 0) is 6.54 Å². The lowest BCUT2D eigenvalue weighted by Crippen LogP contribution is -2.37. The Morgan fingerprint density at radius 1 is 1.30 bits per heavy atom. The molecule has 5 nitrogen and oxygen atoms in total. The summed E-state index contributed by atoms with van der Waals surface area (Å²) < 4.78 is 5.51. The van der Waals surface area contributed by atoms with Gasteiger partial charge in [0, 0.05) is 12.1 Å². The van der Waals surface area contributed by atoms with E-state index in [0.29, 0.717) is 6.54 Å². The monoisotopic (exact) mass is 274 g/mol. The van der Waals surface area contributed by atoms with Gasteiger partial charge in [-0.25, -0.2) is 0 Å². The number of H-pyrrole nitrogens is 1. The topological polar surface area (TPSA) is 66.3 Å². The molecule has 0 saturated carbocycles. The van der Waals surface area contributed by atoms with Crippen molar-refractivity contribution in [2.45, 2.75) is 33.4 Å². The average molecular weight is 274 g/mol. The molecular weight excluding hydrogens is 256 g/mol. The molecular formula is C15H18N2O3. The summed E-state index contributed by atoms with van der Waals surface area (Å²) >= 11 is 0. The van der Waals surface area contributed by atoms with Crippen LogP contribution < -0.4 is 5.56 Å². The Hall–Kier alpha value is -2.30. The Morgan fingerprint density at radius 2 is 2.05 bits per heavy atom. The van der Waals surface area contributed by atoms with Gasteiger partial charge in [0.15, 0.2) is 0 Å². The molecule has 1 N–H and O–H groups in total. The average Bonchev–Trinajstić information content (AvgIpc) is 2.80. The van der Waals surface area contributed by atoms with E-state index in [1.807, 2.05) is 32.9 Å². The fourth-order valence-electron chi connectivity index (χ4n) is 1.95. The molecule has 0 atom stereocenters. The second-order valence-corrected chi connectivity index (χ2v) is 4.97. The number of aromatic amines is 1. The van der Waals surface area contributed by atoms with Gasteiger partial charge in [-0.3, -0.25) is 9.59 Å². The van der Waals surface area contributed by atoms with Gasteiger partial charge < -0.3 is 14.3 Å². The molecule has 0 spiro atoms. The fourth-order valence-corrected chi connectivity index (χ4v) is 1.95. The molecule has 2 aromatic rings. The predicted molar refractivity (Wildman–Crippen MR) is 75.5 cm³/mol. The maximum atomic E-state index is 12.5. The number of aromatic nitrogens is 1. The van der Waals surface area contributed by atoms with Gasteiger partial charge in [-0.15, -0.1) is 0 Å². The molecule has 5 heteroatoms. The molecule has 0 aliphatic carbocycles. The summed E-state index contributed by atoms with van der Waals surface area (Å²) in [5, 5.41) is 0. The number of aryl methyl sites for hydroxylation is 1. The van der Waals surface area contributed by atoms with Crippen molar-refractivity contribution in [2.24, 2.45) is 0 Å². The van der Waals surface area contributed by atoms with Crippen molar-refractivity contribution in [1.29, 1.82) is 0 Å². The van der Waals surface area contributed by atoms with E-state index in [2.05, 4.69) is 4.98 Å². The number of carbonyl (C=O) groups excluding carboxylic acids is 1. The number of hydrogen-bond acceptors (Lipinski definition) is 3. The van der Waals surface area contributed by atoms with Gasteiger partial charge in [-0.2, -0.15) is 0 Å². The first-order valence-corrected chi connectivity index (χ1v) is 6.53. The van der Waals surface area contributed by atoms with Gasteiger partial charge in [0.2, 0.25) is 5.56 Å². The minimum Gasteiger partial charge on any atom is -0.464 e. The molecule has 0 aromatic carbocycles. The minimum absolute atomic E-state index is 0.00313. The Balaban J connectivity index is 2.24. The van der Waals surface area contributed by atoms with Crippen molar-refractivity contribution >= 4 is 5.91 Å². The first-order valence-electron chi connectivity index (χ1n) is 6.53. The van der Waals surface area contributed by atoms with Crippen molar-refractivity contribution in [1.82, 2.24) is 9.88 Å². The number of hydrogen-bond donors (Lipinski definition) is 1. The summed E-state index contributed by atoms with van der Waals surface area (Å²) in [7, 11) is 0. The van der Waals surface area contributed by atoms with Crippen LogP contribution in [0.1, 0.15) is 35.9 Å². The van der Waals surface area contributed by atoms with E-state index in [4.69, 9.17) is 4.42 Å². The highest BCUT2D eigenvalue weighted by molar-refractivity contribution is 5.92. The van der Waals surface area contributed by atoms with Crippen LogP contribution >= 0.6 is 0 Å². The first-order chi connectivity index (χ1) is 9.47. The normalized spacial score (nSPS) is 10.8. The number of rotatable bonds is 4. The Kier molecular flexibility index (Phi) is 4.08. The van der Waals surface area contributed by atoms with Crippen LogP contribution in [0.4, 0.5) is 0 Å². The summed E-state index contributed by atoms with van der Waals surface area (Å²) in [6.07, 6.45) is 0. The zero-order valence-electron chi connectivity index (χ0n) is 11.8. The lowest BCUT2D eigenvalue weighted by Gasteiger charge is -2.25. The lowest BCUT2D eigenvalue weighted by atomic mass is 10.2. The summed E-state index contributed by atoms with van der Waals surface area (Å²) in [6.45, 7) is 6.09. The summed E-state index contributed by atoms with van der Waals surface area (Å²) in [4.78, 5) is 28.0. The van der Waals surface area contributed by atoms with E-state index >= 15 is 0 Å². The molecule has 0 bridgehead atoms. The number of pyridine rings is 1. The van der Waals surface area contributed by atoms with E-state index in [1.54, 1.807) is 17.0 Å². The van der Waals surface area contributed by atoms with E-state index < -0.39 is 0 Å². The Labute approximate surface area is 117 Å². The summed E-state index contributed by atoms with van der Waals surface area (Å²) in [5.41, 5.74) is 0.00266. The standard InChI is InChI=1S/C15H18N2O3/c1-10(2)17(9-12-8-7-11(3)20-12)15(19)13-5-4-6-14(18)16-13/h4-8,10H,9H2,1-3H3,(H,16,18). The van der Waals surface area contributed by atoms with Gasteiger partial charge in [0.25, 0.3) is 5.91 Å². The minimum atomic E-state index is -0.284. The van der Waals surface area contributed by atoms with Gasteiger partial charge >= 0.3 is 0 Å². The molecule has 2 aromatic heterocycles. The van der Waals surface area contributed by atoms with Crippen molar-refractivity contribution in [3.05, 3.63) is 57.9 Å². The zero-order chi connectivity index (χ0) is 14.7. The Morgan fingerprint density at radius 3 is 2.60 bits per heavy atom. The maximum absolute atomic E-state index is 12.5. The third-order valence-corrected chi connectivity index (χ3v) is 3.01. The van der Waals surface area contributed by atoms with Crippen molar-refractivity contribution < 1.29 is 9.21 Å². The predicted octanol–water partition coefficient (Wildman–Crippen LogP) is 2.33. The van der Waals surface area contributed by atoms with Gasteiger partial charge in [0.05, 0.1) is 6.54 Å². The molecule has 0 fully saturated rings. The zero-order valence-corrected chi connectivity index (χ0v) is 11.8. The van der Waals surface area contributed by atoms with Crippen LogP contribution in [0.5, 0.6) is 0 Å². The van der Waals surface area contributed by atoms with E-state index in [0.717, 1.165) is 11.5 Å². The maximum Gasteiger partial charge on any atom is 0.271 e. The molecule has 0 aliphatic heterocycles. The molecule has 0 aliphatic rings. The highest BCUT2D eigenvalue weighted by Gasteiger charge is 2.20. The Bertz CT molecular complexity index is 655. The van der Waals surface area contributed by atoms with E-state index in [9.17, 15) is 9.59 Å². The molecule has 2 rings (SSSR count). The molecule has 106 valence electrons. The van der Waals surface area contributed by atoms with E-state index in [1.165, 1.54) is 6.07 Å². The number of amides is 1. The summed E-state index contributed by atoms with van der Waals surface area (Å²) in [5.74, 6) is 1.32. The van der Waals surface area contributed by atoms with Crippen molar-refractivity contribution in [2.75, 3.05) is 0 Å². The smallest absolute Gasteiger partial charge is 0.271 e. The van der Waals surface area contributed by atoms with E-state index in [-0.39, 0.29) is 23.2 Å². The highest BCUT2D eigenvalue weighted by Crippen LogP contribution is 2.14. The molecule has 2 heterocycles. The highest BCUT2D eigenvalue weighted by atomic mass is 16.3. The van der Waals surface area contributed by atoms with Crippen LogP contribution in [0.2, 0.25) is 0 Å². The fraction of sp³-hybridized carbons (Fsp3) is 0.333. The third kappa shape index (κ3) is 3.17. The summed E-state index contributed by atoms with van der Waals surface area (Å²) in [6, 6.07) is 8.27. The number of nitrogens with zero attached hydrogens (tertiary/aromatic N) is 1. The molecule has 0 saturated heterocycles. The van der Waals surface area contributed by atoms with Gasteiger partial charge in [0.1, 0.15) is 17.2 Å². The molecule has 1 amide bonds.